The van der Waals surface area contributed by atoms with Gasteiger partial charge in [0.05, 0.1) is 6.26 Å². The standard InChI is InChI=1S/C18H29NO/c1-15(6-7-17-5-4-14-20-17)19-16-8-12-18(13-9-16)10-2-3-11-18/h4-5,14-16,19H,2-3,6-13H2,1H3. The zero-order valence-corrected chi connectivity index (χ0v) is 12.9. The van der Waals surface area contributed by atoms with Gasteiger partial charge in [-0.15, -0.1) is 0 Å². The summed E-state index contributed by atoms with van der Waals surface area (Å²) in [7, 11) is 0. The van der Waals surface area contributed by atoms with Crippen LogP contribution in [0.5, 0.6) is 0 Å². The molecule has 0 aromatic carbocycles. The Bertz CT molecular complexity index is 382. The van der Waals surface area contributed by atoms with E-state index in [4.69, 9.17) is 4.42 Å². The van der Waals surface area contributed by atoms with Crippen molar-refractivity contribution >= 4 is 0 Å². The van der Waals surface area contributed by atoms with Gasteiger partial charge in [-0.2, -0.15) is 0 Å². The fourth-order valence-corrected chi connectivity index (χ4v) is 4.32. The smallest absolute Gasteiger partial charge is 0.103 e. The van der Waals surface area contributed by atoms with Crippen molar-refractivity contribution in [3.8, 4) is 0 Å². The van der Waals surface area contributed by atoms with Gasteiger partial charge in [-0.25, -0.2) is 0 Å². The molecule has 2 aliphatic carbocycles. The molecule has 0 saturated heterocycles. The maximum Gasteiger partial charge on any atom is 0.103 e. The van der Waals surface area contributed by atoms with Crippen LogP contribution in [-0.4, -0.2) is 12.1 Å². The molecule has 1 atom stereocenters. The van der Waals surface area contributed by atoms with Crippen molar-refractivity contribution in [1.29, 1.82) is 0 Å². The first kappa shape index (κ1) is 14.2. The molecule has 1 unspecified atom stereocenters. The number of aryl methyl sites for hydroxylation is 1. The summed E-state index contributed by atoms with van der Waals surface area (Å²) in [5, 5.41) is 3.85. The summed E-state index contributed by atoms with van der Waals surface area (Å²) in [6.45, 7) is 2.32. The van der Waals surface area contributed by atoms with Crippen LogP contribution in [0.2, 0.25) is 0 Å². The molecule has 3 rings (SSSR count). The van der Waals surface area contributed by atoms with Crippen molar-refractivity contribution in [2.45, 2.75) is 83.2 Å². The van der Waals surface area contributed by atoms with Gasteiger partial charge in [-0.1, -0.05) is 12.8 Å². The highest BCUT2D eigenvalue weighted by Crippen LogP contribution is 2.48. The monoisotopic (exact) mass is 275 g/mol. The van der Waals surface area contributed by atoms with Gasteiger partial charge in [0, 0.05) is 18.5 Å². The zero-order chi connectivity index (χ0) is 13.8. The van der Waals surface area contributed by atoms with Crippen LogP contribution in [0.1, 0.15) is 70.5 Å². The third-order valence-electron chi connectivity index (χ3n) is 5.63. The minimum absolute atomic E-state index is 0.600. The van der Waals surface area contributed by atoms with E-state index in [1.807, 2.05) is 6.07 Å². The second kappa shape index (κ2) is 6.34. The molecule has 1 aromatic heterocycles. The Morgan fingerprint density at radius 2 is 2.00 bits per heavy atom. The molecule has 0 amide bonds. The first-order valence-electron chi connectivity index (χ1n) is 8.54. The summed E-state index contributed by atoms with van der Waals surface area (Å²) < 4.78 is 5.41. The number of rotatable bonds is 5. The fraction of sp³-hybridized carbons (Fsp3) is 0.778. The molecule has 2 heteroatoms. The van der Waals surface area contributed by atoms with Crippen LogP contribution >= 0.6 is 0 Å². The molecule has 112 valence electrons. The highest BCUT2D eigenvalue weighted by atomic mass is 16.3. The Morgan fingerprint density at radius 3 is 2.65 bits per heavy atom. The first-order valence-corrected chi connectivity index (χ1v) is 8.54. The van der Waals surface area contributed by atoms with Crippen LogP contribution < -0.4 is 5.32 Å². The van der Waals surface area contributed by atoms with E-state index in [0.29, 0.717) is 6.04 Å². The normalized spacial score (nSPS) is 24.2. The third kappa shape index (κ3) is 3.46. The average Bonchev–Trinajstić information content (AvgIpc) is 3.12. The van der Waals surface area contributed by atoms with Gasteiger partial charge in [0.1, 0.15) is 5.76 Å². The molecule has 2 nitrogen and oxygen atoms in total. The summed E-state index contributed by atoms with van der Waals surface area (Å²) >= 11 is 0. The molecule has 2 aliphatic rings. The molecular weight excluding hydrogens is 246 g/mol. The first-order chi connectivity index (χ1) is 9.76. The van der Waals surface area contributed by atoms with Crippen molar-refractivity contribution in [2.75, 3.05) is 0 Å². The summed E-state index contributed by atoms with van der Waals surface area (Å²) in [5.41, 5.74) is 0.760. The summed E-state index contributed by atoms with van der Waals surface area (Å²) in [6, 6.07) is 5.42. The summed E-state index contributed by atoms with van der Waals surface area (Å²) in [4.78, 5) is 0. The van der Waals surface area contributed by atoms with E-state index >= 15 is 0 Å². The average molecular weight is 275 g/mol. The van der Waals surface area contributed by atoms with Crippen molar-refractivity contribution in [2.24, 2.45) is 5.41 Å². The van der Waals surface area contributed by atoms with Crippen LogP contribution in [0.15, 0.2) is 22.8 Å². The Labute approximate surface area is 123 Å². The van der Waals surface area contributed by atoms with E-state index in [-0.39, 0.29) is 0 Å². The Morgan fingerprint density at radius 1 is 1.25 bits per heavy atom. The third-order valence-corrected chi connectivity index (χ3v) is 5.63. The van der Waals surface area contributed by atoms with Gasteiger partial charge in [-0.05, 0) is 69.4 Å². The van der Waals surface area contributed by atoms with Crippen LogP contribution in [0.4, 0.5) is 0 Å². The van der Waals surface area contributed by atoms with Gasteiger partial charge < -0.3 is 9.73 Å². The number of hydrogen-bond acceptors (Lipinski definition) is 2. The topological polar surface area (TPSA) is 25.2 Å². The van der Waals surface area contributed by atoms with Crippen molar-refractivity contribution < 1.29 is 4.42 Å². The van der Waals surface area contributed by atoms with Crippen LogP contribution in [0.3, 0.4) is 0 Å². The number of nitrogens with one attached hydrogen (secondary N) is 1. The maximum absolute atomic E-state index is 5.41. The lowest BCUT2D eigenvalue weighted by Crippen LogP contribution is -2.41. The zero-order valence-electron chi connectivity index (χ0n) is 12.9. The largest absolute Gasteiger partial charge is 0.469 e. The summed E-state index contributed by atoms with van der Waals surface area (Å²) in [6.07, 6.45) is 15.7. The molecule has 20 heavy (non-hydrogen) atoms. The van der Waals surface area contributed by atoms with Crippen molar-refractivity contribution in [3.05, 3.63) is 24.2 Å². The quantitative estimate of drug-likeness (QED) is 0.843. The molecule has 1 heterocycles. The molecule has 0 bridgehead atoms. The Hall–Kier alpha value is -0.760. The summed E-state index contributed by atoms with van der Waals surface area (Å²) in [5.74, 6) is 1.12. The lowest BCUT2D eigenvalue weighted by molar-refractivity contribution is 0.163. The van der Waals surface area contributed by atoms with E-state index in [0.717, 1.165) is 23.6 Å². The van der Waals surface area contributed by atoms with Crippen molar-refractivity contribution in [1.82, 2.24) is 5.32 Å². The van der Waals surface area contributed by atoms with E-state index in [2.05, 4.69) is 18.3 Å². The molecule has 1 N–H and O–H groups in total. The highest BCUT2D eigenvalue weighted by molar-refractivity contribution is 4.98. The predicted octanol–water partition coefficient (Wildman–Crippen LogP) is 4.69. The maximum atomic E-state index is 5.41. The van der Waals surface area contributed by atoms with Gasteiger partial charge in [0.25, 0.3) is 0 Å². The lowest BCUT2D eigenvalue weighted by atomic mass is 9.71. The Balaban J connectivity index is 1.38. The van der Waals surface area contributed by atoms with Crippen molar-refractivity contribution in [3.63, 3.8) is 0 Å². The molecule has 1 spiro atoms. The Kier molecular flexibility index (Phi) is 4.50. The second-order valence-electron chi connectivity index (χ2n) is 7.17. The van der Waals surface area contributed by atoms with E-state index < -0.39 is 0 Å². The SMILES string of the molecule is CC(CCc1ccco1)NC1CCC2(CCCC2)CC1. The van der Waals surface area contributed by atoms with E-state index in [1.54, 1.807) is 6.26 Å². The predicted molar refractivity (Wildman–Crippen MR) is 82.8 cm³/mol. The van der Waals surface area contributed by atoms with E-state index in [9.17, 15) is 0 Å². The molecule has 0 radical (unpaired) electrons. The van der Waals surface area contributed by atoms with Crippen LogP contribution in [0.25, 0.3) is 0 Å². The van der Waals surface area contributed by atoms with Crippen LogP contribution in [-0.2, 0) is 6.42 Å². The highest BCUT2D eigenvalue weighted by Gasteiger charge is 2.37. The number of hydrogen-bond donors (Lipinski definition) is 1. The molecular formula is C18H29NO. The van der Waals surface area contributed by atoms with Gasteiger partial charge in [0.2, 0.25) is 0 Å². The molecule has 2 saturated carbocycles. The van der Waals surface area contributed by atoms with Gasteiger partial charge in [0.15, 0.2) is 0 Å². The molecule has 2 fully saturated rings. The van der Waals surface area contributed by atoms with Crippen LogP contribution in [0, 0.1) is 5.41 Å². The van der Waals surface area contributed by atoms with Gasteiger partial charge in [-0.3, -0.25) is 0 Å². The number of furan rings is 1. The van der Waals surface area contributed by atoms with E-state index in [1.165, 1.54) is 57.8 Å². The molecule has 1 aromatic rings. The minimum Gasteiger partial charge on any atom is -0.469 e. The minimum atomic E-state index is 0.600. The second-order valence-corrected chi connectivity index (χ2v) is 7.17. The lowest BCUT2D eigenvalue weighted by Gasteiger charge is -2.38. The van der Waals surface area contributed by atoms with Gasteiger partial charge >= 0.3 is 0 Å². The molecule has 0 aliphatic heterocycles. The fourth-order valence-electron chi connectivity index (χ4n) is 4.32.